The highest BCUT2D eigenvalue weighted by Gasteiger charge is 2.17. The number of nitrogens with one attached hydrogen (secondary N) is 2. The molecule has 0 unspecified atom stereocenters. The third kappa shape index (κ3) is 8.63. The molecule has 0 bridgehead atoms. The first-order valence-electron chi connectivity index (χ1n) is 6.96. The molecule has 0 heterocycles. The first-order chi connectivity index (χ1) is 9.26. The molecule has 6 nitrogen and oxygen atoms in total. The van der Waals surface area contributed by atoms with Crippen LogP contribution in [-0.2, 0) is 14.4 Å². The number of hydrogen-bond donors (Lipinski definition) is 3. The molecule has 0 fully saturated rings. The fourth-order valence-corrected chi connectivity index (χ4v) is 1.77. The van der Waals surface area contributed by atoms with E-state index < -0.39 is 18.0 Å². The van der Waals surface area contributed by atoms with E-state index in [0.717, 1.165) is 0 Å². The SMILES string of the molecule is CC(C)C[C@@H]([C]=O)NC(=O)CNC(=O)[C@@H](N)CC(C)C. The van der Waals surface area contributed by atoms with Gasteiger partial charge in [0.1, 0.15) is 0 Å². The summed E-state index contributed by atoms with van der Waals surface area (Å²) in [5.74, 6) is -0.186. The number of carbonyl (C=O) groups excluding carboxylic acids is 3. The van der Waals surface area contributed by atoms with Crippen molar-refractivity contribution in [3.8, 4) is 0 Å². The lowest BCUT2D eigenvalue weighted by atomic mass is 10.0. The normalized spacial score (nSPS) is 13.9. The van der Waals surface area contributed by atoms with Crippen molar-refractivity contribution in [1.82, 2.24) is 10.6 Å². The first-order valence-corrected chi connectivity index (χ1v) is 6.96. The molecule has 0 aliphatic heterocycles. The van der Waals surface area contributed by atoms with Gasteiger partial charge in [-0.25, -0.2) is 0 Å². The van der Waals surface area contributed by atoms with Crippen LogP contribution in [0.1, 0.15) is 40.5 Å². The van der Waals surface area contributed by atoms with E-state index >= 15 is 0 Å². The van der Waals surface area contributed by atoms with Crippen LogP contribution in [0.25, 0.3) is 0 Å². The molecule has 115 valence electrons. The molecule has 0 saturated heterocycles. The largest absolute Gasteiger partial charge is 0.346 e. The molecule has 20 heavy (non-hydrogen) atoms. The van der Waals surface area contributed by atoms with Crippen LogP contribution in [0.4, 0.5) is 0 Å². The summed E-state index contributed by atoms with van der Waals surface area (Å²) in [4.78, 5) is 33.9. The molecule has 0 aliphatic carbocycles. The number of carbonyl (C=O) groups is 2. The van der Waals surface area contributed by atoms with Gasteiger partial charge in [0.15, 0.2) is 0 Å². The minimum Gasteiger partial charge on any atom is -0.346 e. The highest BCUT2D eigenvalue weighted by molar-refractivity contribution is 5.88. The van der Waals surface area contributed by atoms with Crippen molar-refractivity contribution in [1.29, 1.82) is 0 Å². The average Bonchev–Trinajstić information content (AvgIpc) is 2.33. The Hall–Kier alpha value is -1.43. The van der Waals surface area contributed by atoms with Gasteiger partial charge in [-0.1, -0.05) is 27.7 Å². The van der Waals surface area contributed by atoms with Crippen LogP contribution < -0.4 is 16.4 Å². The van der Waals surface area contributed by atoms with Gasteiger partial charge in [-0.05, 0) is 24.7 Å². The highest BCUT2D eigenvalue weighted by atomic mass is 16.2. The van der Waals surface area contributed by atoms with Gasteiger partial charge in [0, 0.05) is 0 Å². The second kappa shape index (κ2) is 9.47. The summed E-state index contributed by atoms with van der Waals surface area (Å²) in [5.41, 5.74) is 5.69. The summed E-state index contributed by atoms with van der Waals surface area (Å²) in [6, 6.07) is -1.25. The summed E-state index contributed by atoms with van der Waals surface area (Å²) in [6.07, 6.45) is 2.87. The van der Waals surface area contributed by atoms with E-state index in [1.54, 1.807) is 6.29 Å². The van der Waals surface area contributed by atoms with E-state index in [4.69, 9.17) is 5.73 Å². The molecular formula is C14H26N3O3. The minimum atomic E-state index is -0.635. The standard InChI is InChI=1S/C14H26N3O3/c1-9(2)5-11(8-18)17-13(19)7-16-14(20)12(15)6-10(3)4/h9-12H,5-7,15H2,1-4H3,(H,16,20)(H,17,19)/t11-,12-/m0/s1. The lowest BCUT2D eigenvalue weighted by Crippen LogP contribution is -2.47. The molecule has 0 spiro atoms. The van der Waals surface area contributed by atoms with E-state index in [-0.39, 0.29) is 18.4 Å². The molecule has 0 aromatic carbocycles. The Kier molecular flexibility index (Phi) is 8.79. The molecule has 0 saturated carbocycles. The molecule has 2 atom stereocenters. The van der Waals surface area contributed by atoms with Gasteiger partial charge in [0.05, 0.1) is 18.6 Å². The Morgan fingerprint density at radius 2 is 1.65 bits per heavy atom. The second-order valence-electron chi connectivity index (χ2n) is 5.82. The van der Waals surface area contributed by atoms with Gasteiger partial charge in [0.2, 0.25) is 18.1 Å². The van der Waals surface area contributed by atoms with Crippen molar-refractivity contribution in [3.63, 3.8) is 0 Å². The van der Waals surface area contributed by atoms with Gasteiger partial charge in [-0.15, -0.1) is 0 Å². The Morgan fingerprint density at radius 3 is 2.10 bits per heavy atom. The zero-order valence-corrected chi connectivity index (χ0v) is 12.7. The van der Waals surface area contributed by atoms with E-state index in [0.29, 0.717) is 18.8 Å². The summed E-state index contributed by atoms with van der Waals surface area (Å²) < 4.78 is 0. The Morgan fingerprint density at radius 1 is 1.10 bits per heavy atom. The molecule has 0 rings (SSSR count). The molecule has 0 aromatic rings. The van der Waals surface area contributed by atoms with Crippen LogP contribution in [0.5, 0.6) is 0 Å². The van der Waals surface area contributed by atoms with Crippen molar-refractivity contribution >= 4 is 18.1 Å². The Labute approximate surface area is 120 Å². The molecule has 0 aliphatic rings. The van der Waals surface area contributed by atoms with E-state index in [1.165, 1.54) is 0 Å². The zero-order valence-electron chi connectivity index (χ0n) is 12.7. The quantitative estimate of drug-likeness (QED) is 0.559. The monoisotopic (exact) mass is 284 g/mol. The maximum atomic E-state index is 11.6. The molecule has 4 N–H and O–H groups in total. The zero-order chi connectivity index (χ0) is 15.7. The number of amides is 2. The van der Waals surface area contributed by atoms with Gasteiger partial charge in [-0.3, -0.25) is 14.4 Å². The Bertz CT molecular complexity index is 330. The fraction of sp³-hybridized carbons (Fsp3) is 0.786. The van der Waals surface area contributed by atoms with Gasteiger partial charge in [0.25, 0.3) is 0 Å². The van der Waals surface area contributed by atoms with Gasteiger partial charge < -0.3 is 16.4 Å². The van der Waals surface area contributed by atoms with Crippen LogP contribution in [0, 0.1) is 11.8 Å². The van der Waals surface area contributed by atoms with Crippen LogP contribution >= 0.6 is 0 Å². The predicted molar refractivity (Wildman–Crippen MR) is 77.5 cm³/mol. The first kappa shape index (κ1) is 18.6. The number of nitrogens with two attached hydrogens (primary N) is 1. The van der Waals surface area contributed by atoms with E-state index in [1.807, 2.05) is 27.7 Å². The van der Waals surface area contributed by atoms with Crippen molar-refractivity contribution in [2.24, 2.45) is 17.6 Å². The van der Waals surface area contributed by atoms with Crippen molar-refractivity contribution in [3.05, 3.63) is 0 Å². The second-order valence-corrected chi connectivity index (χ2v) is 5.82. The van der Waals surface area contributed by atoms with E-state index in [2.05, 4.69) is 10.6 Å². The minimum absolute atomic E-state index is 0.180. The van der Waals surface area contributed by atoms with Gasteiger partial charge in [-0.2, -0.15) is 0 Å². The molecule has 0 aromatic heterocycles. The van der Waals surface area contributed by atoms with Gasteiger partial charge >= 0.3 is 0 Å². The van der Waals surface area contributed by atoms with E-state index in [9.17, 15) is 14.4 Å². The lowest BCUT2D eigenvalue weighted by Gasteiger charge is -2.16. The number of rotatable bonds is 9. The van der Waals surface area contributed by atoms with Crippen LogP contribution in [-0.4, -0.2) is 36.7 Å². The molecule has 1 radical (unpaired) electrons. The third-order valence-corrected chi connectivity index (χ3v) is 2.67. The average molecular weight is 284 g/mol. The summed E-state index contributed by atoms with van der Waals surface area (Å²) >= 11 is 0. The molecule has 6 heteroatoms. The fourth-order valence-electron chi connectivity index (χ4n) is 1.77. The topological polar surface area (TPSA) is 101 Å². The number of hydrogen-bond acceptors (Lipinski definition) is 4. The lowest BCUT2D eigenvalue weighted by molar-refractivity contribution is -0.127. The maximum Gasteiger partial charge on any atom is 0.239 e. The summed E-state index contributed by atoms with van der Waals surface area (Å²) in [7, 11) is 0. The van der Waals surface area contributed by atoms with Crippen LogP contribution in [0.2, 0.25) is 0 Å². The smallest absolute Gasteiger partial charge is 0.239 e. The molecular weight excluding hydrogens is 258 g/mol. The maximum absolute atomic E-state index is 11.6. The highest BCUT2D eigenvalue weighted by Crippen LogP contribution is 2.03. The van der Waals surface area contributed by atoms with Crippen LogP contribution in [0.3, 0.4) is 0 Å². The van der Waals surface area contributed by atoms with Crippen LogP contribution in [0.15, 0.2) is 0 Å². The summed E-state index contributed by atoms with van der Waals surface area (Å²) in [5, 5.41) is 4.98. The third-order valence-electron chi connectivity index (χ3n) is 2.67. The summed E-state index contributed by atoms with van der Waals surface area (Å²) in [6.45, 7) is 7.65. The Balaban J connectivity index is 4.09. The van der Waals surface area contributed by atoms with Crippen molar-refractivity contribution < 1.29 is 14.4 Å². The predicted octanol–water partition coefficient (Wildman–Crippen LogP) is 0.117. The van der Waals surface area contributed by atoms with Crippen molar-refractivity contribution in [2.45, 2.75) is 52.6 Å². The molecule has 2 amide bonds. The van der Waals surface area contributed by atoms with Crippen molar-refractivity contribution in [2.75, 3.05) is 6.54 Å².